The van der Waals surface area contributed by atoms with E-state index in [0.717, 1.165) is 23.7 Å². The summed E-state index contributed by atoms with van der Waals surface area (Å²) in [7, 11) is 0. The van der Waals surface area contributed by atoms with E-state index in [1.807, 2.05) is 26.1 Å². The van der Waals surface area contributed by atoms with Crippen LogP contribution < -0.4 is 5.43 Å². The predicted octanol–water partition coefficient (Wildman–Crippen LogP) is 2.59. The fraction of sp³-hybridized carbons (Fsp3) is 0.588. The monoisotopic (exact) mass is 300 g/mol. The van der Waals surface area contributed by atoms with E-state index in [2.05, 4.69) is 35.5 Å². The normalized spacial score (nSPS) is 25.7. The van der Waals surface area contributed by atoms with Crippen molar-refractivity contribution in [2.24, 2.45) is 22.4 Å². The summed E-state index contributed by atoms with van der Waals surface area (Å²) in [6.07, 6.45) is 6.47. The Hall–Kier alpha value is -1.91. The van der Waals surface area contributed by atoms with Crippen LogP contribution in [0.3, 0.4) is 0 Å². The van der Waals surface area contributed by atoms with Crippen molar-refractivity contribution in [2.75, 3.05) is 0 Å². The second-order valence-electron chi connectivity index (χ2n) is 7.12. The molecule has 2 atom stereocenters. The maximum atomic E-state index is 11.9. The minimum atomic E-state index is -0.149. The highest BCUT2D eigenvalue weighted by Crippen LogP contribution is 2.58. The molecule has 0 aromatic carbocycles. The number of aromatic nitrogens is 2. The van der Waals surface area contributed by atoms with Gasteiger partial charge >= 0.3 is 0 Å². The zero-order valence-corrected chi connectivity index (χ0v) is 13.8. The van der Waals surface area contributed by atoms with Crippen LogP contribution in [0.1, 0.15) is 38.1 Å². The summed E-state index contributed by atoms with van der Waals surface area (Å²) in [5, 5.41) is 8.41. The third-order valence-electron chi connectivity index (χ3n) is 5.31. The Morgan fingerprint density at radius 1 is 1.55 bits per heavy atom. The second-order valence-corrected chi connectivity index (χ2v) is 7.12. The van der Waals surface area contributed by atoms with E-state index < -0.39 is 0 Å². The number of carbonyl (C=O) groups excluding carboxylic acids is 1. The van der Waals surface area contributed by atoms with Gasteiger partial charge in [-0.2, -0.15) is 10.2 Å². The van der Waals surface area contributed by atoms with E-state index in [0.29, 0.717) is 11.3 Å². The molecular formula is C17H24N4O. The molecule has 4 rings (SSSR count). The Labute approximate surface area is 131 Å². The SMILES string of the molecule is Cc1cc(C)n(CC(=O)N/N=C\C2=CC[C@@H]3C[C@H]2C3(C)C)n1. The molecule has 2 bridgehead atoms. The quantitative estimate of drug-likeness (QED) is 0.686. The Kier molecular flexibility index (Phi) is 3.67. The van der Waals surface area contributed by atoms with Crippen molar-refractivity contribution in [3.05, 3.63) is 29.1 Å². The van der Waals surface area contributed by atoms with Gasteiger partial charge in [-0.25, -0.2) is 5.43 Å². The van der Waals surface area contributed by atoms with Crippen LogP contribution in [0, 0.1) is 31.1 Å². The standard InChI is InChI=1S/C17H24N4O/c1-11-7-12(2)21(20-11)10-16(22)19-18-9-13-5-6-14-8-15(13)17(14,3)4/h5,7,9,14-15H,6,8,10H2,1-4H3,(H,19,22)/b18-9-/t14-,15-/m1/s1. The molecule has 3 aliphatic rings. The smallest absolute Gasteiger partial charge is 0.261 e. The number of amides is 1. The summed E-state index contributed by atoms with van der Waals surface area (Å²) < 4.78 is 1.69. The zero-order valence-electron chi connectivity index (χ0n) is 13.8. The molecule has 1 saturated carbocycles. The van der Waals surface area contributed by atoms with Crippen LogP contribution in [-0.4, -0.2) is 21.9 Å². The Morgan fingerprint density at radius 3 is 2.91 bits per heavy atom. The molecular weight excluding hydrogens is 276 g/mol. The number of allylic oxidation sites excluding steroid dienone is 2. The molecule has 5 nitrogen and oxygen atoms in total. The lowest BCUT2D eigenvalue weighted by atomic mass is 9.49. The van der Waals surface area contributed by atoms with Crippen LogP contribution in [0.2, 0.25) is 0 Å². The maximum absolute atomic E-state index is 11.9. The Bertz CT molecular complexity index is 654. The largest absolute Gasteiger partial charge is 0.271 e. The summed E-state index contributed by atoms with van der Waals surface area (Å²) in [6, 6.07) is 1.96. The molecule has 1 aromatic heterocycles. The Morgan fingerprint density at radius 2 is 2.32 bits per heavy atom. The molecule has 1 aromatic rings. The van der Waals surface area contributed by atoms with Gasteiger partial charge < -0.3 is 0 Å². The number of rotatable bonds is 4. The van der Waals surface area contributed by atoms with Crippen LogP contribution in [0.4, 0.5) is 0 Å². The third-order valence-corrected chi connectivity index (χ3v) is 5.31. The van der Waals surface area contributed by atoms with Gasteiger partial charge in [0.15, 0.2) is 0 Å². The van der Waals surface area contributed by atoms with E-state index in [1.165, 1.54) is 12.0 Å². The second kappa shape index (κ2) is 5.38. The first-order valence-electron chi connectivity index (χ1n) is 7.91. The molecule has 0 radical (unpaired) electrons. The molecule has 118 valence electrons. The van der Waals surface area contributed by atoms with Crippen molar-refractivity contribution in [3.8, 4) is 0 Å². The van der Waals surface area contributed by atoms with Gasteiger partial charge in [0, 0.05) is 5.69 Å². The average Bonchev–Trinajstić information content (AvgIpc) is 2.76. The molecule has 0 unspecified atom stereocenters. The number of aryl methyl sites for hydroxylation is 2. The molecule has 1 amide bonds. The van der Waals surface area contributed by atoms with E-state index in [1.54, 1.807) is 4.68 Å². The highest BCUT2D eigenvalue weighted by Gasteiger charge is 2.50. The summed E-state index contributed by atoms with van der Waals surface area (Å²) in [5.41, 5.74) is 6.15. The average molecular weight is 300 g/mol. The van der Waals surface area contributed by atoms with Gasteiger partial charge in [0.1, 0.15) is 6.54 Å². The molecule has 0 saturated heterocycles. The van der Waals surface area contributed by atoms with Crippen LogP contribution >= 0.6 is 0 Å². The first kappa shape index (κ1) is 15.0. The molecule has 1 N–H and O–H groups in total. The number of hydrogen-bond donors (Lipinski definition) is 1. The van der Waals surface area contributed by atoms with Gasteiger partial charge in [-0.05, 0) is 55.6 Å². The summed E-state index contributed by atoms with van der Waals surface area (Å²) >= 11 is 0. The molecule has 0 aliphatic heterocycles. The number of hydrogen-bond acceptors (Lipinski definition) is 3. The number of fused-ring (bicyclic) bond motifs is 1. The van der Waals surface area contributed by atoms with Gasteiger partial charge in [0.05, 0.1) is 11.9 Å². The van der Waals surface area contributed by atoms with E-state index >= 15 is 0 Å². The predicted molar refractivity (Wildman–Crippen MR) is 86.4 cm³/mol. The molecule has 3 aliphatic carbocycles. The number of nitrogens with zero attached hydrogens (tertiary/aromatic N) is 3. The first-order valence-corrected chi connectivity index (χ1v) is 7.91. The van der Waals surface area contributed by atoms with E-state index in [9.17, 15) is 4.79 Å². The molecule has 1 fully saturated rings. The van der Waals surface area contributed by atoms with Gasteiger partial charge in [-0.3, -0.25) is 9.48 Å². The highest BCUT2D eigenvalue weighted by atomic mass is 16.2. The minimum absolute atomic E-state index is 0.149. The van der Waals surface area contributed by atoms with Crippen molar-refractivity contribution in [1.29, 1.82) is 0 Å². The maximum Gasteiger partial charge on any atom is 0.261 e. The third kappa shape index (κ3) is 2.60. The van der Waals surface area contributed by atoms with Crippen molar-refractivity contribution < 1.29 is 4.79 Å². The number of nitrogens with one attached hydrogen (secondary N) is 1. The molecule has 1 heterocycles. The fourth-order valence-corrected chi connectivity index (χ4v) is 3.73. The first-order chi connectivity index (χ1) is 10.4. The topological polar surface area (TPSA) is 59.3 Å². The number of hydrazone groups is 1. The van der Waals surface area contributed by atoms with Gasteiger partial charge in [0.25, 0.3) is 5.91 Å². The van der Waals surface area contributed by atoms with Crippen LogP contribution in [-0.2, 0) is 11.3 Å². The van der Waals surface area contributed by atoms with Crippen LogP contribution in [0.25, 0.3) is 0 Å². The molecule has 22 heavy (non-hydrogen) atoms. The van der Waals surface area contributed by atoms with E-state index in [-0.39, 0.29) is 12.5 Å². The van der Waals surface area contributed by atoms with Crippen molar-refractivity contribution in [3.63, 3.8) is 0 Å². The van der Waals surface area contributed by atoms with E-state index in [4.69, 9.17) is 0 Å². The van der Waals surface area contributed by atoms with Gasteiger partial charge in [0.2, 0.25) is 0 Å². The summed E-state index contributed by atoms with van der Waals surface area (Å²) in [5.74, 6) is 1.25. The highest BCUT2D eigenvalue weighted by molar-refractivity contribution is 5.83. The zero-order chi connectivity index (χ0) is 15.9. The lowest BCUT2D eigenvalue weighted by molar-refractivity contribution is -0.121. The van der Waals surface area contributed by atoms with Crippen molar-refractivity contribution in [2.45, 2.75) is 47.1 Å². The van der Waals surface area contributed by atoms with Gasteiger partial charge in [-0.15, -0.1) is 0 Å². The lowest BCUT2D eigenvalue weighted by Crippen LogP contribution is -2.48. The lowest BCUT2D eigenvalue weighted by Gasteiger charge is -2.55. The van der Waals surface area contributed by atoms with Gasteiger partial charge in [-0.1, -0.05) is 19.9 Å². The summed E-state index contributed by atoms with van der Waals surface area (Å²) in [6.45, 7) is 8.72. The van der Waals surface area contributed by atoms with Crippen LogP contribution in [0.5, 0.6) is 0 Å². The molecule has 0 spiro atoms. The fourth-order valence-electron chi connectivity index (χ4n) is 3.73. The Balaban J connectivity index is 1.55. The van der Waals surface area contributed by atoms with Crippen molar-refractivity contribution >= 4 is 12.1 Å². The van der Waals surface area contributed by atoms with Crippen molar-refractivity contribution in [1.82, 2.24) is 15.2 Å². The molecule has 5 heteroatoms. The summed E-state index contributed by atoms with van der Waals surface area (Å²) in [4.78, 5) is 11.9. The minimum Gasteiger partial charge on any atom is -0.271 e. The van der Waals surface area contributed by atoms with Crippen LogP contribution in [0.15, 0.2) is 22.8 Å². The number of carbonyl (C=O) groups is 1.